The smallest absolute Gasteiger partial charge is 0.258 e. The van der Waals surface area contributed by atoms with E-state index in [1.165, 1.54) is 16.0 Å². The molecule has 7 nitrogen and oxygen atoms in total. The van der Waals surface area contributed by atoms with Crippen LogP contribution in [-0.2, 0) is 14.4 Å². The van der Waals surface area contributed by atoms with E-state index < -0.39 is 23.3 Å². The lowest BCUT2D eigenvalue weighted by atomic mass is 9.82. The van der Waals surface area contributed by atoms with Crippen molar-refractivity contribution in [3.05, 3.63) is 58.0 Å². The highest BCUT2D eigenvalue weighted by Gasteiger charge is 2.61. The molecule has 1 spiro atoms. The first-order valence-corrected chi connectivity index (χ1v) is 9.92. The van der Waals surface area contributed by atoms with Crippen molar-refractivity contribution in [2.24, 2.45) is 0 Å². The van der Waals surface area contributed by atoms with Crippen LogP contribution in [0.5, 0.6) is 0 Å². The molecule has 3 amide bonds. The molecule has 3 heterocycles. The number of pyridine rings is 1. The maximum absolute atomic E-state index is 14.5. The van der Waals surface area contributed by atoms with E-state index in [9.17, 15) is 18.8 Å². The van der Waals surface area contributed by atoms with E-state index in [0.717, 1.165) is 16.5 Å². The van der Waals surface area contributed by atoms with Gasteiger partial charge in [-0.05, 0) is 30.7 Å². The first kappa shape index (κ1) is 20.6. The fourth-order valence-corrected chi connectivity index (χ4v) is 4.39. The van der Waals surface area contributed by atoms with E-state index in [1.807, 2.05) is 0 Å². The molecule has 2 aliphatic rings. The monoisotopic (exact) mass is 450 g/mol. The summed E-state index contributed by atoms with van der Waals surface area (Å²) in [6.07, 6.45) is 1.83. The maximum Gasteiger partial charge on any atom is 0.258 e. The summed E-state index contributed by atoms with van der Waals surface area (Å²) in [5.41, 5.74) is -0.517. The molecule has 4 rings (SSSR count). The van der Waals surface area contributed by atoms with Crippen molar-refractivity contribution in [2.45, 2.75) is 18.5 Å². The summed E-state index contributed by atoms with van der Waals surface area (Å²) >= 11 is 11.7. The largest absolute Gasteiger partial charge is 0.339 e. The number of rotatable bonds is 4. The van der Waals surface area contributed by atoms with Crippen LogP contribution in [0.25, 0.3) is 0 Å². The molecule has 10 heteroatoms. The van der Waals surface area contributed by atoms with Gasteiger partial charge >= 0.3 is 0 Å². The van der Waals surface area contributed by atoms with Crippen molar-refractivity contribution < 1.29 is 18.8 Å². The van der Waals surface area contributed by atoms with Crippen LogP contribution >= 0.6 is 23.2 Å². The molecule has 2 aliphatic heterocycles. The van der Waals surface area contributed by atoms with Gasteiger partial charge in [0.1, 0.15) is 6.54 Å². The molecule has 1 unspecified atom stereocenters. The predicted molar refractivity (Wildman–Crippen MR) is 109 cm³/mol. The van der Waals surface area contributed by atoms with E-state index in [1.54, 1.807) is 31.2 Å². The number of aromatic nitrogens is 1. The molecule has 156 valence electrons. The summed E-state index contributed by atoms with van der Waals surface area (Å²) in [5.74, 6) is -1.93. The van der Waals surface area contributed by atoms with Crippen LogP contribution < -0.4 is 4.90 Å². The van der Waals surface area contributed by atoms with Crippen molar-refractivity contribution in [3.63, 3.8) is 0 Å². The zero-order valence-electron chi connectivity index (χ0n) is 15.9. The van der Waals surface area contributed by atoms with E-state index in [0.29, 0.717) is 11.4 Å². The standard InChI is InChI=1S/C20H17Cl2FN4O3/c1-12(13-2-4-14(21)5-3-13)27-17(29)8-26(18-16(23)6-15(22)7-24-18)19(30)20(27)9-25(10-20)11-28/h2-7,11-12H,8-10H2,1H3. The fraction of sp³-hybridized carbons (Fsp3) is 0.300. The van der Waals surface area contributed by atoms with Crippen molar-refractivity contribution in [3.8, 4) is 0 Å². The first-order chi connectivity index (χ1) is 14.3. The molecular formula is C20H17Cl2FN4O3. The Morgan fingerprint density at radius 2 is 1.83 bits per heavy atom. The van der Waals surface area contributed by atoms with Crippen molar-refractivity contribution >= 4 is 47.2 Å². The van der Waals surface area contributed by atoms with Gasteiger partial charge in [-0.3, -0.25) is 19.3 Å². The summed E-state index contributed by atoms with van der Waals surface area (Å²) < 4.78 is 14.5. The number of hydrogen-bond donors (Lipinski definition) is 0. The molecule has 30 heavy (non-hydrogen) atoms. The second kappa shape index (κ2) is 7.52. The summed E-state index contributed by atoms with van der Waals surface area (Å²) in [6, 6.07) is 7.54. The zero-order valence-corrected chi connectivity index (χ0v) is 17.4. The zero-order chi connectivity index (χ0) is 21.6. The Labute approximate surface area is 182 Å². The van der Waals surface area contributed by atoms with Crippen LogP contribution in [-0.4, -0.2) is 58.2 Å². The van der Waals surface area contributed by atoms with Gasteiger partial charge in [-0.25, -0.2) is 9.37 Å². The van der Waals surface area contributed by atoms with Crippen molar-refractivity contribution in [1.82, 2.24) is 14.8 Å². The van der Waals surface area contributed by atoms with Gasteiger partial charge < -0.3 is 9.80 Å². The highest BCUT2D eigenvalue weighted by molar-refractivity contribution is 6.30. The summed E-state index contributed by atoms with van der Waals surface area (Å²) in [5, 5.41) is 0.628. The lowest BCUT2D eigenvalue weighted by Crippen LogP contribution is -2.80. The Bertz CT molecular complexity index is 1030. The molecule has 0 radical (unpaired) electrons. The molecule has 0 saturated carbocycles. The topological polar surface area (TPSA) is 73.8 Å². The number of benzene rings is 1. The molecule has 1 aromatic heterocycles. The van der Waals surface area contributed by atoms with E-state index in [2.05, 4.69) is 4.98 Å². The Morgan fingerprint density at radius 1 is 1.17 bits per heavy atom. The molecule has 2 fully saturated rings. The van der Waals surface area contributed by atoms with Crippen LogP contribution in [0.3, 0.4) is 0 Å². The van der Waals surface area contributed by atoms with Crippen LogP contribution in [0, 0.1) is 5.82 Å². The number of piperazine rings is 1. The molecule has 1 aromatic carbocycles. The number of hydrogen-bond acceptors (Lipinski definition) is 4. The number of amides is 3. The predicted octanol–water partition coefficient (Wildman–Crippen LogP) is 2.67. The number of carbonyl (C=O) groups is 3. The van der Waals surface area contributed by atoms with E-state index in [-0.39, 0.29) is 36.4 Å². The van der Waals surface area contributed by atoms with Crippen LogP contribution in [0.4, 0.5) is 10.2 Å². The van der Waals surface area contributed by atoms with Crippen LogP contribution in [0.2, 0.25) is 10.0 Å². The Hall–Kier alpha value is -2.71. The average Bonchev–Trinajstić information content (AvgIpc) is 2.68. The van der Waals surface area contributed by atoms with Gasteiger partial charge in [-0.1, -0.05) is 35.3 Å². The van der Waals surface area contributed by atoms with Gasteiger partial charge in [0.2, 0.25) is 12.3 Å². The summed E-state index contributed by atoms with van der Waals surface area (Å²) in [4.78, 5) is 45.8. The van der Waals surface area contributed by atoms with Gasteiger partial charge in [-0.15, -0.1) is 0 Å². The molecule has 1 atom stereocenters. The minimum Gasteiger partial charge on any atom is -0.339 e. The van der Waals surface area contributed by atoms with Gasteiger partial charge in [0.25, 0.3) is 5.91 Å². The highest BCUT2D eigenvalue weighted by Crippen LogP contribution is 2.40. The first-order valence-electron chi connectivity index (χ1n) is 9.17. The molecular weight excluding hydrogens is 434 g/mol. The van der Waals surface area contributed by atoms with E-state index >= 15 is 0 Å². The normalized spacial score (nSPS) is 19.1. The van der Waals surface area contributed by atoms with Crippen molar-refractivity contribution in [1.29, 1.82) is 0 Å². The maximum atomic E-state index is 14.5. The molecule has 2 aromatic rings. The highest BCUT2D eigenvalue weighted by atomic mass is 35.5. The van der Waals surface area contributed by atoms with Gasteiger partial charge in [0.15, 0.2) is 17.2 Å². The quantitative estimate of drug-likeness (QED) is 0.671. The number of halogens is 3. The molecule has 2 saturated heterocycles. The lowest BCUT2D eigenvalue weighted by molar-refractivity contribution is -0.169. The van der Waals surface area contributed by atoms with Crippen LogP contribution in [0.15, 0.2) is 36.5 Å². The van der Waals surface area contributed by atoms with Crippen molar-refractivity contribution in [2.75, 3.05) is 24.5 Å². The molecule has 0 aliphatic carbocycles. The van der Waals surface area contributed by atoms with Gasteiger partial charge in [0, 0.05) is 11.2 Å². The minimum absolute atomic E-state index is 0.0186. The summed E-state index contributed by atoms with van der Waals surface area (Å²) in [6.45, 7) is 1.47. The third-order valence-corrected chi connectivity index (χ3v) is 5.99. The average molecular weight is 451 g/mol. The summed E-state index contributed by atoms with van der Waals surface area (Å²) in [7, 11) is 0. The Balaban J connectivity index is 1.74. The molecule has 0 N–H and O–H groups in total. The minimum atomic E-state index is -1.30. The van der Waals surface area contributed by atoms with Crippen LogP contribution in [0.1, 0.15) is 18.5 Å². The van der Waals surface area contributed by atoms with Gasteiger partial charge in [-0.2, -0.15) is 0 Å². The second-order valence-electron chi connectivity index (χ2n) is 7.38. The Kier molecular flexibility index (Phi) is 5.15. The Morgan fingerprint density at radius 3 is 2.43 bits per heavy atom. The lowest BCUT2D eigenvalue weighted by Gasteiger charge is -2.58. The third-order valence-electron chi connectivity index (χ3n) is 5.53. The van der Waals surface area contributed by atoms with Gasteiger partial charge in [0.05, 0.1) is 24.2 Å². The molecule has 0 bridgehead atoms. The number of carbonyl (C=O) groups excluding carboxylic acids is 3. The fourth-order valence-electron chi connectivity index (χ4n) is 4.12. The number of anilines is 1. The third kappa shape index (κ3) is 3.20. The number of likely N-dealkylation sites (tertiary alicyclic amines) is 1. The number of nitrogens with zero attached hydrogens (tertiary/aromatic N) is 4. The van der Waals surface area contributed by atoms with E-state index in [4.69, 9.17) is 23.2 Å². The second-order valence-corrected chi connectivity index (χ2v) is 8.26. The SMILES string of the molecule is CC(c1ccc(Cl)cc1)N1C(=O)CN(c2ncc(Cl)cc2F)C(=O)C12CN(C=O)C2.